The topological polar surface area (TPSA) is 83.3 Å². The van der Waals surface area contributed by atoms with Gasteiger partial charge in [0.25, 0.3) is 5.56 Å². The fraction of sp³-hybridized carbons (Fsp3) is 0.167. The molecule has 232 valence electrons. The Morgan fingerprint density at radius 2 is 1.61 bits per heavy atom. The van der Waals surface area contributed by atoms with Crippen LogP contribution >= 0.6 is 22.7 Å². The van der Waals surface area contributed by atoms with Crippen LogP contribution in [-0.2, 0) is 24.3 Å². The van der Waals surface area contributed by atoms with E-state index in [2.05, 4.69) is 4.98 Å². The van der Waals surface area contributed by atoms with E-state index >= 15 is 4.39 Å². The zero-order valence-corrected chi connectivity index (χ0v) is 26.9. The number of hydrogen-bond acceptors (Lipinski definition) is 8. The van der Waals surface area contributed by atoms with Gasteiger partial charge in [-0.1, -0.05) is 66.7 Å². The largest absolute Gasteiger partial charge is 0.485 e. The van der Waals surface area contributed by atoms with E-state index in [4.69, 9.17) is 14.5 Å². The van der Waals surface area contributed by atoms with Crippen LogP contribution in [0.15, 0.2) is 102 Å². The van der Waals surface area contributed by atoms with Crippen molar-refractivity contribution in [1.29, 1.82) is 0 Å². The molecule has 6 rings (SSSR count). The third-order valence-corrected chi connectivity index (χ3v) is 9.55. The molecule has 3 heterocycles. The van der Waals surface area contributed by atoms with Crippen LogP contribution in [0.1, 0.15) is 33.4 Å². The van der Waals surface area contributed by atoms with Crippen molar-refractivity contribution in [3.63, 3.8) is 0 Å². The molecule has 0 aliphatic rings. The first-order chi connectivity index (χ1) is 22.4. The Morgan fingerprint density at radius 1 is 0.891 bits per heavy atom. The van der Waals surface area contributed by atoms with Crippen molar-refractivity contribution in [2.24, 2.45) is 0 Å². The van der Waals surface area contributed by atoms with Crippen LogP contribution in [0, 0.1) is 12.7 Å². The number of aromatic nitrogens is 3. The maximum absolute atomic E-state index is 15.4. The van der Waals surface area contributed by atoms with Gasteiger partial charge in [0.15, 0.2) is 11.6 Å². The summed E-state index contributed by atoms with van der Waals surface area (Å²) in [5.41, 5.74) is 3.07. The Kier molecular flexibility index (Phi) is 9.46. The smallest absolute Gasteiger partial charge is 0.349 e. The summed E-state index contributed by atoms with van der Waals surface area (Å²) in [6.45, 7) is 4.30. The van der Waals surface area contributed by atoms with Crippen molar-refractivity contribution in [3.8, 4) is 37.5 Å². The average Bonchev–Trinajstić information content (AvgIpc) is 3.76. The van der Waals surface area contributed by atoms with Crippen LogP contribution < -0.4 is 10.3 Å². The third kappa shape index (κ3) is 6.68. The number of rotatable bonds is 11. The average molecular weight is 652 g/mol. The van der Waals surface area contributed by atoms with E-state index in [0.29, 0.717) is 45.5 Å². The molecule has 0 amide bonds. The summed E-state index contributed by atoms with van der Waals surface area (Å²) < 4.78 is 28.1. The lowest BCUT2D eigenvalue weighted by Crippen LogP contribution is -2.27. The lowest BCUT2D eigenvalue weighted by Gasteiger charge is -2.18. The van der Waals surface area contributed by atoms with E-state index in [9.17, 15) is 9.59 Å². The first-order valence-electron chi connectivity index (χ1n) is 14.8. The molecule has 0 bridgehead atoms. The highest BCUT2D eigenvalue weighted by atomic mass is 32.1. The SMILES string of the molecule is CCOC(=O)c1cnc(-c2ccc(-c3c(C)nc(-c4cccc(F)c4OCc4ccccc4)n(CCc4ccccc4)c3=O)s2)s1. The summed E-state index contributed by atoms with van der Waals surface area (Å²) in [5.74, 6) is -0.573. The Bertz CT molecular complexity index is 2040. The van der Waals surface area contributed by atoms with Crippen molar-refractivity contribution in [2.45, 2.75) is 33.4 Å². The second kappa shape index (κ2) is 14.0. The van der Waals surface area contributed by atoms with Gasteiger partial charge in [0, 0.05) is 11.4 Å². The van der Waals surface area contributed by atoms with Gasteiger partial charge in [0.1, 0.15) is 22.3 Å². The molecular formula is C36H30FN3O4S2. The minimum Gasteiger partial charge on any atom is -0.485 e. The number of halogens is 1. The number of hydrogen-bond donors (Lipinski definition) is 0. The molecule has 3 aromatic carbocycles. The quantitative estimate of drug-likeness (QED) is 0.131. The second-order valence-electron chi connectivity index (χ2n) is 10.4. The molecule has 0 N–H and O–H groups in total. The monoisotopic (exact) mass is 651 g/mol. The molecule has 6 aromatic rings. The second-order valence-corrected chi connectivity index (χ2v) is 12.5. The molecule has 0 saturated heterocycles. The molecule has 10 heteroatoms. The van der Waals surface area contributed by atoms with E-state index in [1.807, 2.05) is 72.8 Å². The first kappa shape index (κ1) is 31.1. The number of benzene rings is 3. The standard InChI is InChI=1S/C36H30FN3O4S2/c1-3-43-36(42)30-21-38-34(46-30)29-18-17-28(45-29)31-23(2)39-33(40(35(31)41)20-19-24-11-6-4-7-12-24)26-15-10-16-27(37)32(26)44-22-25-13-8-5-9-14-25/h4-18,21H,3,19-20,22H2,1-2H3. The summed E-state index contributed by atoms with van der Waals surface area (Å²) in [6, 6.07) is 27.8. The predicted octanol–water partition coefficient (Wildman–Crippen LogP) is 8.21. The number of carbonyl (C=O) groups excluding carboxylic acids is 1. The van der Waals surface area contributed by atoms with Crippen molar-refractivity contribution in [1.82, 2.24) is 14.5 Å². The number of esters is 1. The van der Waals surface area contributed by atoms with Gasteiger partial charge < -0.3 is 9.47 Å². The molecular weight excluding hydrogens is 622 g/mol. The van der Waals surface area contributed by atoms with Gasteiger partial charge in [-0.15, -0.1) is 22.7 Å². The Hall–Kier alpha value is -4.93. The van der Waals surface area contributed by atoms with E-state index in [0.717, 1.165) is 20.9 Å². The number of ether oxygens (including phenoxy) is 2. The minimum atomic E-state index is -0.535. The van der Waals surface area contributed by atoms with Crippen LogP contribution in [0.2, 0.25) is 0 Å². The van der Waals surface area contributed by atoms with E-state index in [1.54, 1.807) is 30.5 Å². The lowest BCUT2D eigenvalue weighted by atomic mass is 10.1. The number of aryl methyl sites for hydroxylation is 2. The van der Waals surface area contributed by atoms with Gasteiger partial charge in [-0.05, 0) is 55.7 Å². The van der Waals surface area contributed by atoms with Crippen LogP contribution in [0.4, 0.5) is 4.39 Å². The summed E-state index contributed by atoms with van der Waals surface area (Å²) in [7, 11) is 0. The summed E-state index contributed by atoms with van der Waals surface area (Å²) >= 11 is 2.64. The number of nitrogens with zero attached hydrogens (tertiary/aromatic N) is 3. The highest BCUT2D eigenvalue weighted by Gasteiger charge is 2.23. The fourth-order valence-electron chi connectivity index (χ4n) is 5.08. The molecule has 0 unspecified atom stereocenters. The van der Waals surface area contributed by atoms with Gasteiger partial charge in [-0.25, -0.2) is 19.2 Å². The maximum atomic E-state index is 15.4. The van der Waals surface area contributed by atoms with Crippen molar-refractivity contribution in [2.75, 3.05) is 6.61 Å². The maximum Gasteiger partial charge on any atom is 0.349 e. The molecule has 46 heavy (non-hydrogen) atoms. The van der Waals surface area contributed by atoms with Crippen molar-refractivity contribution in [3.05, 3.63) is 135 Å². The summed E-state index contributed by atoms with van der Waals surface area (Å²) in [4.78, 5) is 37.9. The molecule has 0 radical (unpaired) electrons. The van der Waals surface area contributed by atoms with Gasteiger partial charge >= 0.3 is 5.97 Å². The number of carbonyl (C=O) groups is 1. The molecule has 0 saturated carbocycles. The van der Waals surface area contributed by atoms with E-state index < -0.39 is 11.8 Å². The molecule has 0 aliphatic heterocycles. The number of thiophene rings is 1. The Morgan fingerprint density at radius 3 is 2.35 bits per heavy atom. The normalized spacial score (nSPS) is 11.0. The zero-order chi connectivity index (χ0) is 32.0. The number of para-hydroxylation sites is 1. The van der Waals surface area contributed by atoms with E-state index in [-0.39, 0.29) is 24.5 Å². The molecule has 0 aliphatic carbocycles. The molecule has 0 atom stereocenters. The van der Waals surface area contributed by atoms with E-state index in [1.165, 1.54) is 34.9 Å². The Labute approximate surface area is 273 Å². The van der Waals surface area contributed by atoms with Crippen molar-refractivity contribution >= 4 is 28.6 Å². The van der Waals surface area contributed by atoms with Crippen LogP contribution in [0.25, 0.3) is 31.7 Å². The summed E-state index contributed by atoms with van der Waals surface area (Å²) in [6.07, 6.45) is 2.07. The highest BCUT2D eigenvalue weighted by molar-refractivity contribution is 7.24. The predicted molar refractivity (Wildman–Crippen MR) is 180 cm³/mol. The number of thiazole rings is 1. The van der Waals surface area contributed by atoms with Gasteiger partial charge in [-0.2, -0.15) is 0 Å². The first-order valence-corrected chi connectivity index (χ1v) is 16.4. The molecule has 0 spiro atoms. The Balaban J connectivity index is 1.42. The van der Waals surface area contributed by atoms with Gasteiger partial charge in [-0.3, -0.25) is 9.36 Å². The molecule has 0 fully saturated rings. The minimum absolute atomic E-state index is 0.0402. The third-order valence-electron chi connectivity index (χ3n) is 7.30. The highest BCUT2D eigenvalue weighted by Crippen LogP contribution is 2.38. The zero-order valence-electron chi connectivity index (χ0n) is 25.2. The molecule has 7 nitrogen and oxygen atoms in total. The van der Waals surface area contributed by atoms with Gasteiger partial charge in [0.2, 0.25) is 0 Å². The van der Waals surface area contributed by atoms with Crippen LogP contribution in [0.5, 0.6) is 5.75 Å². The summed E-state index contributed by atoms with van der Waals surface area (Å²) in [5, 5.41) is 0.658. The van der Waals surface area contributed by atoms with Gasteiger partial charge in [0.05, 0.1) is 34.5 Å². The molecule has 3 aromatic heterocycles. The van der Waals surface area contributed by atoms with Crippen molar-refractivity contribution < 1.29 is 18.7 Å². The van der Waals surface area contributed by atoms with Crippen LogP contribution in [-0.4, -0.2) is 27.1 Å². The van der Waals surface area contributed by atoms with Crippen LogP contribution in [0.3, 0.4) is 0 Å². The lowest BCUT2D eigenvalue weighted by molar-refractivity contribution is 0.0532. The fourth-order valence-corrected chi connectivity index (χ4v) is 7.04.